The van der Waals surface area contributed by atoms with E-state index >= 15 is 0 Å². The molecule has 2 aromatic heterocycles. The van der Waals surface area contributed by atoms with Crippen molar-refractivity contribution in [2.24, 2.45) is 12.1 Å². The molecule has 0 bridgehead atoms. The molecule has 3 rings (SSSR count). The molecule has 1 amide bonds. The highest BCUT2D eigenvalue weighted by Crippen LogP contribution is 2.14. The van der Waals surface area contributed by atoms with E-state index in [1.54, 1.807) is 35.6 Å². The standard InChI is InChI=1S/C17H16N4O2S/c1-3-13(14-9-6-10-24-14)18-19-16(22)15-11-7-4-5-8-12(11)17(23)21(2)20-15/h4-10H,3H2,1-2H3,(H,19,22)/b18-13-. The highest BCUT2D eigenvalue weighted by Gasteiger charge is 2.15. The van der Waals surface area contributed by atoms with E-state index in [-0.39, 0.29) is 11.3 Å². The zero-order valence-electron chi connectivity index (χ0n) is 13.3. The topological polar surface area (TPSA) is 76.3 Å². The Hall–Kier alpha value is -2.80. The Morgan fingerprint density at radius 3 is 2.67 bits per heavy atom. The zero-order valence-corrected chi connectivity index (χ0v) is 14.1. The van der Waals surface area contributed by atoms with Gasteiger partial charge in [-0.15, -0.1) is 11.3 Å². The zero-order chi connectivity index (χ0) is 17.1. The van der Waals surface area contributed by atoms with Crippen LogP contribution in [0.4, 0.5) is 0 Å². The molecule has 0 saturated heterocycles. The Labute approximate surface area is 142 Å². The molecule has 3 aromatic rings. The monoisotopic (exact) mass is 340 g/mol. The number of aryl methyl sites for hydroxylation is 1. The van der Waals surface area contributed by atoms with Crippen LogP contribution >= 0.6 is 11.3 Å². The number of benzene rings is 1. The predicted molar refractivity (Wildman–Crippen MR) is 95.6 cm³/mol. The number of fused-ring (bicyclic) bond motifs is 1. The van der Waals surface area contributed by atoms with Gasteiger partial charge in [-0.1, -0.05) is 31.2 Å². The van der Waals surface area contributed by atoms with Crippen LogP contribution in [0.15, 0.2) is 51.7 Å². The maximum Gasteiger partial charge on any atom is 0.292 e. The summed E-state index contributed by atoms with van der Waals surface area (Å²) in [4.78, 5) is 25.6. The summed E-state index contributed by atoms with van der Waals surface area (Å²) in [6.07, 6.45) is 0.697. The third kappa shape index (κ3) is 2.98. The normalized spacial score (nSPS) is 11.7. The summed E-state index contributed by atoms with van der Waals surface area (Å²) in [6.45, 7) is 1.98. The molecule has 24 heavy (non-hydrogen) atoms. The molecule has 0 aliphatic heterocycles. The van der Waals surface area contributed by atoms with Crippen molar-refractivity contribution in [3.63, 3.8) is 0 Å². The molecule has 0 atom stereocenters. The van der Waals surface area contributed by atoms with Crippen molar-refractivity contribution in [3.8, 4) is 0 Å². The molecular weight excluding hydrogens is 324 g/mol. The number of amides is 1. The van der Waals surface area contributed by atoms with Crippen LogP contribution < -0.4 is 11.0 Å². The first-order valence-corrected chi connectivity index (χ1v) is 8.36. The van der Waals surface area contributed by atoms with E-state index in [1.165, 1.54) is 11.7 Å². The number of nitrogens with zero attached hydrogens (tertiary/aromatic N) is 3. The fourth-order valence-corrected chi connectivity index (χ4v) is 3.18. The van der Waals surface area contributed by atoms with Gasteiger partial charge in [-0.25, -0.2) is 10.1 Å². The lowest BCUT2D eigenvalue weighted by Gasteiger charge is -2.07. The van der Waals surface area contributed by atoms with E-state index in [1.807, 2.05) is 24.4 Å². The van der Waals surface area contributed by atoms with Gasteiger partial charge in [-0.2, -0.15) is 10.2 Å². The van der Waals surface area contributed by atoms with Crippen LogP contribution in [0.5, 0.6) is 0 Å². The average molecular weight is 340 g/mol. The van der Waals surface area contributed by atoms with Crippen LogP contribution in [-0.2, 0) is 7.05 Å². The van der Waals surface area contributed by atoms with Gasteiger partial charge in [0.15, 0.2) is 5.69 Å². The summed E-state index contributed by atoms with van der Waals surface area (Å²) >= 11 is 1.57. The van der Waals surface area contributed by atoms with Gasteiger partial charge in [0.1, 0.15) is 0 Å². The van der Waals surface area contributed by atoms with Gasteiger partial charge in [0.05, 0.1) is 16.0 Å². The number of hydrazone groups is 1. The van der Waals surface area contributed by atoms with Gasteiger partial charge in [0.2, 0.25) is 0 Å². The predicted octanol–water partition coefficient (Wildman–Crippen LogP) is 2.54. The third-order valence-electron chi connectivity index (χ3n) is 3.60. The van der Waals surface area contributed by atoms with E-state index in [9.17, 15) is 9.59 Å². The maximum atomic E-state index is 12.5. The summed E-state index contributed by atoms with van der Waals surface area (Å²) in [7, 11) is 1.53. The van der Waals surface area contributed by atoms with Gasteiger partial charge >= 0.3 is 0 Å². The number of thiophene rings is 1. The Balaban J connectivity index is 1.98. The molecule has 0 aliphatic rings. The van der Waals surface area contributed by atoms with Crippen LogP contribution in [0.25, 0.3) is 10.8 Å². The van der Waals surface area contributed by atoms with Gasteiger partial charge < -0.3 is 0 Å². The summed E-state index contributed by atoms with van der Waals surface area (Å²) in [5, 5.41) is 11.2. The van der Waals surface area contributed by atoms with Crippen molar-refractivity contribution in [3.05, 3.63) is 62.7 Å². The molecule has 0 aliphatic carbocycles. The maximum absolute atomic E-state index is 12.5. The summed E-state index contributed by atoms with van der Waals surface area (Å²) in [5.41, 5.74) is 3.29. The number of aromatic nitrogens is 2. The van der Waals surface area contributed by atoms with Crippen molar-refractivity contribution in [1.82, 2.24) is 15.2 Å². The molecule has 1 N–H and O–H groups in total. The summed E-state index contributed by atoms with van der Waals surface area (Å²) in [5.74, 6) is -0.440. The quantitative estimate of drug-likeness (QED) is 0.586. The van der Waals surface area contributed by atoms with Crippen molar-refractivity contribution in [1.29, 1.82) is 0 Å². The second-order valence-corrected chi connectivity index (χ2v) is 6.10. The van der Waals surface area contributed by atoms with Crippen LogP contribution in [0, 0.1) is 0 Å². The summed E-state index contributed by atoms with van der Waals surface area (Å²) in [6, 6.07) is 10.8. The fourth-order valence-electron chi connectivity index (χ4n) is 2.39. The minimum Gasteiger partial charge on any atom is -0.267 e. The van der Waals surface area contributed by atoms with E-state index in [0.29, 0.717) is 17.2 Å². The Morgan fingerprint density at radius 1 is 1.25 bits per heavy atom. The number of hydrogen-bond donors (Lipinski definition) is 1. The molecule has 6 nitrogen and oxygen atoms in total. The van der Waals surface area contributed by atoms with Gasteiger partial charge in [0, 0.05) is 12.4 Å². The number of rotatable bonds is 4. The molecule has 0 fully saturated rings. The molecule has 122 valence electrons. The molecule has 0 spiro atoms. The molecule has 2 heterocycles. The lowest BCUT2D eigenvalue weighted by atomic mass is 10.1. The highest BCUT2D eigenvalue weighted by molar-refractivity contribution is 7.12. The summed E-state index contributed by atoms with van der Waals surface area (Å²) < 4.78 is 1.17. The number of hydrogen-bond acceptors (Lipinski definition) is 5. The van der Waals surface area contributed by atoms with Gasteiger partial charge in [-0.3, -0.25) is 9.59 Å². The van der Waals surface area contributed by atoms with Crippen LogP contribution in [-0.4, -0.2) is 21.4 Å². The van der Waals surface area contributed by atoms with Crippen LogP contribution in [0.3, 0.4) is 0 Å². The van der Waals surface area contributed by atoms with Crippen molar-refractivity contribution >= 4 is 33.7 Å². The number of carbonyl (C=O) groups is 1. The Bertz CT molecular complexity index is 974. The van der Waals surface area contributed by atoms with Crippen LogP contribution in [0.1, 0.15) is 28.7 Å². The average Bonchev–Trinajstić information content (AvgIpc) is 3.13. The molecule has 0 unspecified atom stereocenters. The molecule has 0 radical (unpaired) electrons. The van der Waals surface area contributed by atoms with E-state index < -0.39 is 5.91 Å². The number of nitrogens with one attached hydrogen (secondary N) is 1. The molecular formula is C17H16N4O2S. The lowest BCUT2D eigenvalue weighted by Crippen LogP contribution is -2.27. The Kier molecular flexibility index (Phi) is 4.52. The third-order valence-corrected chi connectivity index (χ3v) is 4.52. The van der Waals surface area contributed by atoms with E-state index in [2.05, 4.69) is 15.6 Å². The van der Waals surface area contributed by atoms with Gasteiger partial charge in [-0.05, 0) is 23.9 Å². The van der Waals surface area contributed by atoms with Gasteiger partial charge in [0.25, 0.3) is 11.5 Å². The first-order valence-electron chi connectivity index (χ1n) is 7.48. The highest BCUT2D eigenvalue weighted by atomic mass is 32.1. The Morgan fingerprint density at radius 2 is 2.00 bits per heavy atom. The minimum absolute atomic E-state index is 0.179. The van der Waals surface area contributed by atoms with Crippen molar-refractivity contribution in [2.45, 2.75) is 13.3 Å². The molecule has 0 saturated carbocycles. The second-order valence-electron chi connectivity index (χ2n) is 5.15. The first-order chi connectivity index (χ1) is 11.6. The SMILES string of the molecule is CC/C(=N/NC(=O)c1nn(C)c(=O)c2ccccc12)c1cccs1. The lowest BCUT2D eigenvalue weighted by molar-refractivity contribution is 0.0949. The number of carbonyl (C=O) groups excluding carboxylic acids is 1. The first kappa shape index (κ1) is 16.1. The minimum atomic E-state index is -0.440. The van der Waals surface area contributed by atoms with Crippen LogP contribution in [0.2, 0.25) is 0 Å². The van der Waals surface area contributed by atoms with Crippen molar-refractivity contribution < 1.29 is 4.79 Å². The molecule has 7 heteroatoms. The molecule has 1 aromatic carbocycles. The van der Waals surface area contributed by atoms with Crippen molar-refractivity contribution in [2.75, 3.05) is 0 Å². The fraction of sp³-hybridized carbons (Fsp3) is 0.176. The van der Waals surface area contributed by atoms with E-state index in [0.717, 1.165) is 10.6 Å². The largest absolute Gasteiger partial charge is 0.292 e. The smallest absolute Gasteiger partial charge is 0.267 e. The van der Waals surface area contributed by atoms with E-state index in [4.69, 9.17) is 0 Å². The second kappa shape index (κ2) is 6.76.